The van der Waals surface area contributed by atoms with Crippen LogP contribution in [0.4, 0.5) is 4.79 Å². The molecule has 2 aliphatic rings. The van der Waals surface area contributed by atoms with Crippen LogP contribution < -0.4 is 5.32 Å². The Morgan fingerprint density at radius 2 is 2.11 bits per heavy atom. The Balaban J connectivity index is 1.79. The van der Waals surface area contributed by atoms with E-state index in [1.165, 1.54) is 0 Å². The molecule has 0 bridgehead atoms. The first-order chi connectivity index (χ1) is 8.67. The number of carbonyl (C=O) groups is 1. The molecule has 2 saturated heterocycles. The zero-order valence-electron chi connectivity index (χ0n) is 11.7. The quantitative estimate of drug-likeness (QED) is 0.583. The topological polar surface area (TPSA) is 75.5 Å². The van der Waals surface area contributed by atoms with Crippen LogP contribution in [-0.4, -0.2) is 57.9 Å². The number of nitrogens with one attached hydrogen (secondary N) is 1. The summed E-state index contributed by atoms with van der Waals surface area (Å²) in [6.45, 7) is 7.45. The minimum absolute atomic E-state index is 0.0404. The van der Waals surface area contributed by atoms with Gasteiger partial charge in [0.05, 0.1) is 11.8 Å². The number of rotatable bonds is 6. The zero-order valence-corrected chi connectivity index (χ0v) is 13.5. The lowest BCUT2D eigenvalue weighted by Gasteiger charge is -2.16. The molecule has 1 amide bonds. The summed E-state index contributed by atoms with van der Waals surface area (Å²) in [5.74, 6) is 0.257. The average Bonchev–Trinajstić information content (AvgIpc) is 2.92. The van der Waals surface area contributed by atoms with Crippen molar-refractivity contribution in [1.29, 1.82) is 0 Å². The molecule has 2 fully saturated rings. The summed E-state index contributed by atoms with van der Waals surface area (Å²) in [6.07, 6.45) is 0.247. The van der Waals surface area contributed by atoms with Gasteiger partial charge in [0.15, 0.2) is 0 Å². The van der Waals surface area contributed by atoms with Gasteiger partial charge < -0.3 is 10.1 Å². The van der Waals surface area contributed by atoms with Crippen molar-refractivity contribution in [3.8, 4) is 0 Å². The summed E-state index contributed by atoms with van der Waals surface area (Å²) in [7, 11) is -4.44. The highest BCUT2D eigenvalue weighted by atomic mass is 32.2. The van der Waals surface area contributed by atoms with E-state index in [9.17, 15) is 13.2 Å². The van der Waals surface area contributed by atoms with E-state index in [0.717, 1.165) is 6.04 Å². The van der Waals surface area contributed by atoms with E-state index in [4.69, 9.17) is 4.74 Å². The third kappa shape index (κ3) is 4.18. The Morgan fingerprint density at radius 1 is 1.42 bits per heavy atom. The van der Waals surface area contributed by atoms with Crippen LogP contribution in [0.2, 0.25) is 25.7 Å². The zero-order chi connectivity index (χ0) is 14.3. The summed E-state index contributed by atoms with van der Waals surface area (Å²) in [5.41, 5.74) is 0. The number of hydrogen-bond acceptors (Lipinski definition) is 4. The molecule has 0 radical (unpaired) electrons. The minimum atomic E-state index is -3.11. The molecule has 0 spiro atoms. The second kappa shape index (κ2) is 5.06. The lowest BCUT2D eigenvalue weighted by atomic mass is 10.2. The fourth-order valence-electron chi connectivity index (χ4n) is 2.13. The fraction of sp³-hybridized carbons (Fsp3) is 0.909. The van der Waals surface area contributed by atoms with Crippen LogP contribution in [0.5, 0.6) is 0 Å². The summed E-state index contributed by atoms with van der Waals surface area (Å²) >= 11 is 0. The predicted molar refractivity (Wildman–Crippen MR) is 75.3 cm³/mol. The number of carbonyl (C=O) groups excluding carboxylic acids is 1. The van der Waals surface area contributed by atoms with Gasteiger partial charge in [-0.15, -0.1) is 0 Å². The van der Waals surface area contributed by atoms with Crippen LogP contribution in [0.1, 0.15) is 6.42 Å². The van der Waals surface area contributed by atoms with Crippen molar-refractivity contribution in [3.05, 3.63) is 0 Å². The summed E-state index contributed by atoms with van der Waals surface area (Å²) in [4.78, 5) is 10.9. The molecule has 2 unspecified atom stereocenters. The molecule has 2 aliphatic heterocycles. The average molecular weight is 306 g/mol. The SMILES string of the molecule is C[Si](C)(C)CCS(=O)(=O)N1CC1C[C@H]1COC(=O)N1. The van der Waals surface area contributed by atoms with E-state index in [1.807, 2.05) is 0 Å². The molecule has 0 aromatic carbocycles. The van der Waals surface area contributed by atoms with Crippen molar-refractivity contribution in [1.82, 2.24) is 9.62 Å². The minimum Gasteiger partial charge on any atom is -0.447 e. The molecule has 19 heavy (non-hydrogen) atoms. The smallest absolute Gasteiger partial charge is 0.407 e. The largest absolute Gasteiger partial charge is 0.447 e. The lowest BCUT2D eigenvalue weighted by Crippen LogP contribution is -2.30. The molecule has 8 heteroatoms. The maximum atomic E-state index is 12.1. The Kier molecular flexibility index (Phi) is 3.94. The highest BCUT2D eigenvalue weighted by Gasteiger charge is 2.45. The first kappa shape index (κ1) is 14.8. The van der Waals surface area contributed by atoms with Crippen molar-refractivity contribution in [2.75, 3.05) is 18.9 Å². The van der Waals surface area contributed by atoms with E-state index < -0.39 is 24.2 Å². The van der Waals surface area contributed by atoms with Crippen molar-refractivity contribution < 1.29 is 17.9 Å². The Morgan fingerprint density at radius 3 is 2.63 bits per heavy atom. The first-order valence-electron chi connectivity index (χ1n) is 6.60. The van der Waals surface area contributed by atoms with Crippen LogP contribution in [0.3, 0.4) is 0 Å². The van der Waals surface area contributed by atoms with E-state index in [0.29, 0.717) is 19.6 Å². The number of amides is 1. The Labute approximate surface area is 115 Å². The molecular formula is C11H22N2O4SSi. The Bertz CT molecular complexity index is 460. The van der Waals surface area contributed by atoms with Gasteiger partial charge in [0.1, 0.15) is 6.61 Å². The van der Waals surface area contributed by atoms with Gasteiger partial charge in [0.2, 0.25) is 10.0 Å². The molecule has 2 rings (SSSR count). The predicted octanol–water partition coefficient (Wildman–Crippen LogP) is 0.837. The van der Waals surface area contributed by atoms with E-state index in [2.05, 4.69) is 25.0 Å². The molecule has 0 aromatic heterocycles. The van der Waals surface area contributed by atoms with Crippen LogP contribution in [-0.2, 0) is 14.8 Å². The van der Waals surface area contributed by atoms with Crippen LogP contribution >= 0.6 is 0 Å². The molecule has 3 atom stereocenters. The number of cyclic esters (lactones) is 1. The van der Waals surface area contributed by atoms with Crippen molar-refractivity contribution >= 4 is 24.2 Å². The van der Waals surface area contributed by atoms with Crippen molar-refractivity contribution in [3.63, 3.8) is 0 Å². The summed E-state index contributed by atoms with van der Waals surface area (Å²) in [6, 6.07) is 0.787. The maximum absolute atomic E-state index is 12.1. The molecule has 6 nitrogen and oxygen atoms in total. The maximum Gasteiger partial charge on any atom is 0.407 e. The molecule has 1 N–H and O–H groups in total. The lowest BCUT2D eigenvalue weighted by molar-refractivity contribution is 0.176. The van der Waals surface area contributed by atoms with Crippen molar-refractivity contribution in [2.45, 2.75) is 44.2 Å². The van der Waals surface area contributed by atoms with Gasteiger partial charge in [-0.25, -0.2) is 13.2 Å². The highest BCUT2D eigenvalue weighted by Crippen LogP contribution is 2.29. The number of ether oxygens (including phenoxy) is 1. The normalized spacial score (nSPS) is 30.9. The highest BCUT2D eigenvalue weighted by molar-refractivity contribution is 7.89. The molecular weight excluding hydrogens is 284 g/mol. The summed E-state index contributed by atoms with van der Waals surface area (Å²) in [5, 5.41) is 2.68. The standard InChI is InChI=1S/C11H22N2O4SSi/c1-19(2,3)5-4-18(15,16)13-7-10(13)6-9-8-17-11(14)12-9/h9-10H,4-8H2,1-3H3,(H,12,14)/t9-,10?,13?/m0/s1. The number of sulfonamides is 1. The number of hydrogen-bond donors (Lipinski definition) is 1. The number of nitrogens with zero attached hydrogens (tertiary/aromatic N) is 1. The molecule has 110 valence electrons. The first-order valence-corrected chi connectivity index (χ1v) is 11.9. The van der Waals surface area contributed by atoms with Gasteiger partial charge >= 0.3 is 6.09 Å². The van der Waals surface area contributed by atoms with Gasteiger partial charge in [-0.1, -0.05) is 19.6 Å². The van der Waals surface area contributed by atoms with Crippen molar-refractivity contribution in [2.24, 2.45) is 0 Å². The molecule has 2 heterocycles. The van der Waals surface area contributed by atoms with Crippen LogP contribution in [0.15, 0.2) is 0 Å². The van der Waals surface area contributed by atoms with Crippen LogP contribution in [0, 0.1) is 0 Å². The monoisotopic (exact) mass is 306 g/mol. The third-order valence-electron chi connectivity index (χ3n) is 3.43. The van der Waals surface area contributed by atoms with Gasteiger partial charge in [0.25, 0.3) is 0 Å². The molecule has 0 aliphatic carbocycles. The van der Waals surface area contributed by atoms with E-state index in [1.54, 1.807) is 4.31 Å². The van der Waals surface area contributed by atoms with Crippen LogP contribution in [0.25, 0.3) is 0 Å². The Hall–Kier alpha value is -0.603. The molecule has 0 aromatic rings. The second-order valence-electron chi connectivity index (χ2n) is 6.53. The fourth-order valence-corrected chi connectivity index (χ4v) is 6.78. The van der Waals surface area contributed by atoms with Gasteiger partial charge in [-0.05, 0) is 12.5 Å². The summed E-state index contributed by atoms with van der Waals surface area (Å²) < 4.78 is 30.6. The number of alkyl carbamates (subject to hydrolysis) is 1. The molecule has 0 saturated carbocycles. The third-order valence-corrected chi connectivity index (χ3v) is 7.42. The van der Waals surface area contributed by atoms with Gasteiger partial charge in [-0.2, -0.15) is 4.31 Å². The van der Waals surface area contributed by atoms with E-state index >= 15 is 0 Å². The van der Waals surface area contributed by atoms with Gasteiger partial charge in [-0.3, -0.25) is 0 Å². The van der Waals surface area contributed by atoms with E-state index in [-0.39, 0.29) is 17.8 Å². The second-order valence-corrected chi connectivity index (χ2v) is 14.2. The van der Waals surface area contributed by atoms with Gasteiger partial charge in [0, 0.05) is 20.7 Å².